The number of hydrogen-bond acceptors (Lipinski definition) is 5. The van der Waals surface area contributed by atoms with Gasteiger partial charge >= 0.3 is 6.03 Å². The standard InChI is InChI=1S/C21H26N4O4S2/c26-19-4-3-13-25(19)17-7-5-16(6-8-17)14-22-21(27)23-15-18-9-10-20(30-18)31(28,29)24-11-1-2-12-24/h5-10H,1-4,11-15H2,(H2,22,23,27). The molecule has 1 aromatic carbocycles. The molecule has 4 rings (SSSR count). The van der Waals surface area contributed by atoms with Crippen LogP contribution < -0.4 is 15.5 Å². The molecule has 0 bridgehead atoms. The molecule has 2 saturated heterocycles. The minimum atomic E-state index is -3.42. The zero-order valence-corrected chi connectivity index (χ0v) is 18.8. The lowest BCUT2D eigenvalue weighted by molar-refractivity contribution is -0.117. The van der Waals surface area contributed by atoms with E-state index in [2.05, 4.69) is 10.6 Å². The Morgan fingerprint density at radius 1 is 0.935 bits per heavy atom. The SMILES string of the molecule is O=C(NCc1ccc(N2CCCC2=O)cc1)NCc1ccc(S(=O)(=O)N2CCCC2)s1. The Balaban J connectivity index is 1.24. The Morgan fingerprint density at radius 2 is 1.65 bits per heavy atom. The Kier molecular flexibility index (Phi) is 6.59. The fourth-order valence-corrected chi connectivity index (χ4v) is 6.74. The lowest BCUT2D eigenvalue weighted by atomic mass is 10.2. The second-order valence-corrected chi connectivity index (χ2v) is 11.0. The van der Waals surface area contributed by atoms with E-state index in [1.54, 1.807) is 17.0 Å². The van der Waals surface area contributed by atoms with Gasteiger partial charge in [0.15, 0.2) is 0 Å². The van der Waals surface area contributed by atoms with Crippen LogP contribution in [0.15, 0.2) is 40.6 Å². The molecule has 0 atom stereocenters. The van der Waals surface area contributed by atoms with E-state index in [0.717, 1.165) is 41.9 Å². The lowest BCUT2D eigenvalue weighted by Gasteiger charge is -2.16. The minimum Gasteiger partial charge on any atom is -0.334 e. The van der Waals surface area contributed by atoms with E-state index in [1.807, 2.05) is 24.3 Å². The number of thiophene rings is 1. The maximum Gasteiger partial charge on any atom is 0.315 e. The highest BCUT2D eigenvalue weighted by Gasteiger charge is 2.28. The van der Waals surface area contributed by atoms with Crippen LogP contribution in [0.2, 0.25) is 0 Å². The number of hydrogen-bond donors (Lipinski definition) is 2. The first-order valence-electron chi connectivity index (χ1n) is 10.4. The number of carbonyl (C=O) groups is 2. The van der Waals surface area contributed by atoms with Crippen molar-refractivity contribution in [3.8, 4) is 0 Å². The first kappa shape index (κ1) is 21.8. The van der Waals surface area contributed by atoms with Gasteiger partial charge < -0.3 is 15.5 Å². The van der Waals surface area contributed by atoms with Gasteiger partial charge in [0, 0.05) is 43.2 Å². The largest absolute Gasteiger partial charge is 0.334 e. The van der Waals surface area contributed by atoms with Crippen LogP contribution >= 0.6 is 11.3 Å². The van der Waals surface area contributed by atoms with Crippen LogP contribution in [-0.4, -0.2) is 44.3 Å². The van der Waals surface area contributed by atoms with E-state index in [0.29, 0.717) is 30.3 Å². The molecule has 0 radical (unpaired) electrons. The zero-order valence-electron chi connectivity index (χ0n) is 17.2. The monoisotopic (exact) mass is 462 g/mol. The molecule has 2 aliphatic rings. The van der Waals surface area contributed by atoms with Crippen molar-refractivity contribution in [2.45, 2.75) is 43.0 Å². The third-order valence-electron chi connectivity index (χ3n) is 5.49. The summed E-state index contributed by atoms with van der Waals surface area (Å²) in [5, 5.41) is 5.56. The summed E-state index contributed by atoms with van der Waals surface area (Å²) in [6, 6.07) is 10.6. The predicted octanol–water partition coefficient (Wildman–Crippen LogP) is 2.66. The average molecular weight is 463 g/mol. The molecule has 10 heteroatoms. The van der Waals surface area contributed by atoms with E-state index in [4.69, 9.17) is 0 Å². The highest BCUT2D eigenvalue weighted by Crippen LogP contribution is 2.27. The van der Waals surface area contributed by atoms with Gasteiger partial charge in [-0.05, 0) is 49.1 Å². The minimum absolute atomic E-state index is 0.148. The number of amides is 3. The van der Waals surface area contributed by atoms with Crippen molar-refractivity contribution < 1.29 is 18.0 Å². The van der Waals surface area contributed by atoms with Crippen molar-refractivity contribution in [2.75, 3.05) is 24.5 Å². The fraction of sp³-hybridized carbons (Fsp3) is 0.429. The molecule has 2 aliphatic heterocycles. The van der Waals surface area contributed by atoms with Gasteiger partial charge in [-0.15, -0.1) is 11.3 Å². The van der Waals surface area contributed by atoms with Gasteiger partial charge in [-0.2, -0.15) is 4.31 Å². The summed E-state index contributed by atoms with van der Waals surface area (Å²) >= 11 is 1.19. The van der Waals surface area contributed by atoms with Gasteiger partial charge in [0.25, 0.3) is 10.0 Å². The first-order chi connectivity index (χ1) is 14.9. The molecule has 8 nitrogen and oxygen atoms in total. The highest BCUT2D eigenvalue weighted by atomic mass is 32.2. The summed E-state index contributed by atoms with van der Waals surface area (Å²) in [5.74, 6) is 0.148. The Bertz CT molecular complexity index is 1040. The van der Waals surface area contributed by atoms with Crippen molar-refractivity contribution in [3.05, 3.63) is 46.8 Å². The van der Waals surface area contributed by atoms with Crippen molar-refractivity contribution >= 4 is 39.0 Å². The molecule has 0 spiro atoms. The molecular weight excluding hydrogens is 436 g/mol. The van der Waals surface area contributed by atoms with Crippen molar-refractivity contribution in [1.82, 2.24) is 14.9 Å². The summed E-state index contributed by atoms with van der Waals surface area (Å²) in [6.45, 7) is 2.53. The van der Waals surface area contributed by atoms with Gasteiger partial charge in [0.2, 0.25) is 5.91 Å². The van der Waals surface area contributed by atoms with E-state index >= 15 is 0 Å². The predicted molar refractivity (Wildman–Crippen MR) is 119 cm³/mol. The number of nitrogens with one attached hydrogen (secondary N) is 2. The summed E-state index contributed by atoms with van der Waals surface area (Å²) in [6.07, 6.45) is 3.29. The Morgan fingerprint density at radius 3 is 2.32 bits per heavy atom. The van der Waals surface area contributed by atoms with Crippen LogP contribution in [0.1, 0.15) is 36.1 Å². The summed E-state index contributed by atoms with van der Waals surface area (Å²) in [5.41, 5.74) is 1.81. The van der Waals surface area contributed by atoms with Gasteiger partial charge in [0.05, 0.1) is 6.54 Å². The van der Waals surface area contributed by atoms with E-state index in [9.17, 15) is 18.0 Å². The number of nitrogens with zero attached hydrogens (tertiary/aromatic N) is 2. The maximum atomic E-state index is 12.6. The number of anilines is 1. The molecule has 3 heterocycles. The molecule has 0 saturated carbocycles. The first-order valence-corrected chi connectivity index (χ1v) is 12.7. The quantitative estimate of drug-likeness (QED) is 0.661. The highest BCUT2D eigenvalue weighted by molar-refractivity contribution is 7.91. The van der Waals surface area contributed by atoms with Crippen LogP contribution in [0.5, 0.6) is 0 Å². The summed E-state index contributed by atoms with van der Waals surface area (Å²) in [7, 11) is -3.42. The molecular formula is C21H26N4O4S2. The second-order valence-electron chi connectivity index (χ2n) is 7.68. The fourth-order valence-electron chi connectivity index (χ4n) is 3.77. The van der Waals surface area contributed by atoms with Crippen LogP contribution in [0.4, 0.5) is 10.5 Å². The van der Waals surface area contributed by atoms with Gasteiger partial charge in [-0.3, -0.25) is 4.79 Å². The zero-order chi connectivity index (χ0) is 21.8. The molecule has 0 aliphatic carbocycles. The summed E-state index contributed by atoms with van der Waals surface area (Å²) < 4.78 is 27.0. The third kappa shape index (κ3) is 5.08. The maximum absolute atomic E-state index is 12.6. The topological polar surface area (TPSA) is 98.8 Å². The van der Waals surface area contributed by atoms with E-state index in [1.165, 1.54) is 15.6 Å². The van der Waals surface area contributed by atoms with E-state index in [-0.39, 0.29) is 18.5 Å². The molecule has 31 heavy (non-hydrogen) atoms. The normalized spacial score (nSPS) is 17.3. The van der Waals surface area contributed by atoms with E-state index < -0.39 is 10.0 Å². The number of sulfonamides is 1. The third-order valence-corrected chi connectivity index (χ3v) is 8.95. The molecule has 3 amide bonds. The summed E-state index contributed by atoms with van der Waals surface area (Å²) in [4.78, 5) is 26.5. The molecule has 2 aromatic rings. The van der Waals surface area contributed by atoms with Crippen molar-refractivity contribution in [3.63, 3.8) is 0 Å². The number of urea groups is 1. The second kappa shape index (κ2) is 9.37. The van der Waals surface area contributed by atoms with Crippen molar-refractivity contribution in [1.29, 1.82) is 0 Å². The van der Waals surface area contributed by atoms with Crippen LogP contribution in [0, 0.1) is 0 Å². The Labute approximate surface area is 186 Å². The van der Waals surface area contributed by atoms with Crippen LogP contribution in [0.25, 0.3) is 0 Å². The molecule has 0 unspecified atom stereocenters. The van der Waals surface area contributed by atoms with Gasteiger partial charge in [-0.1, -0.05) is 12.1 Å². The lowest BCUT2D eigenvalue weighted by Crippen LogP contribution is -2.34. The number of benzene rings is 1. The van der Waals surface area contributed by atoms with Crippen LogP contribution in [-0.2, 0) is 27.9 Å². The molecule has 1 aromatic heterocycles. The molecule has 2 fully saturated rings. The smallest absolute Gasteiger partial charge is 0.315 e. The Hall–Kier alpha value is -2.43. The number of carbonyl (C=O) groups excluding carboxylic acids is 2. The number of rotatable bonds is 7. The van der Waals surface area contributed by atoms with Crippen LogP contribution in [0.3, 0.4) is 0 Å². The van der Waals surface area contributed by atoms with Gasteiger partial charge in [-0.25, -0.2) is 13.2 Å². The van der Waals surface area contributed by atoms with Crippen molar-refractivity contribution in [2.24, 2.45) is 0 Å². The van der Waals surface area contributed by atoms with Gasteiger partial charge in [0.1, 0.15) is 4.21 Å². The average Bonchev–Trinajstić information content (AvgIpc) is 3.53. The molecule has 2 N–H and O–H groups in total. The molecule has 166 valence electrons.